The number of nitrogens with two attached hydrogens (primary N) is 1. The summed E-state index contributed by atoms with van der Waals surface area (Å²) >= 11 is 0. The van der Waals surface area contributed by atoms with Gasteiger partial charge in [0.2, 0.25) is 11.9 Å². The number of anilines is 2. The fourth-order valence-corrected chi connectivity index (χ4v) is 3.78. The Labute approximate surface area is 188 Å². The number of carbonyl (C=O) groups is 1. The van der Waals surface area contributed by atoms with Gasteiger partial charge in [-0.25, -0.2) is 9.97 Å². The van der Waals surface area contributed by atoms with Crippen molar-refractivity contribution in [3.05, 3.63) is 65.2 Å². The second-order valence-electron chi connectivity index (χ2n) is 7.81. The third-order valence-electron chi connectivity index (χ3n) is 5.42. The molecule has 4 rings (SSSR count). The fraction of sp³-hybridized carbons (Fsp3) is 0.364. The first-order valence-corrected chi connectivity index (χ1v) is 10.5. The Bertz CT molecular complexity index is 1130. The number of hydrogen-bond acceptors (Lipinski definition) is 6. The van der Waals surface area contributed by atoms with Gasteiger partial charge >= 0.3 is 6.18 Å². The first-order valence-electron chi connectivity index (χ1n) is 10.5. The van der Waals surface area contributed by atoms with Crippen molar-refractivity contribution in [2.75, 3.05) is 18.5 Å². The van der Waals surface area contributed by atoms with E-state index >= 15 is 0 Å². The topological polar surface area (TPSA) is 108 Å². The Hall–Kier alpha value is -3.47. The number of ether oxygens (including phenoxy) is 1. The van der Waals surface area contributed by atoms with Crippen LogP contribution in [0.1, 0.15) is 34.8 Å². The van der Waals surface area contributed by atoms with Crippen LogP contribution in [-0.2, 0) is 35.0 Å². The minimum Gasteiger partial charge on any atom is -0.379 e. The summed E-state index contributed by atoms with van der Waals surface area (Å²) in [5.74, 6) is -0.456. The lowest BCUT2D eigenvalue weighted by atomic mass is 9.98. The van der Waals surface area contributed by atoms with Crippen LogP contribution < -0.4 is 11.1 Å². The van der Waals surface area contributed by atoms with Crippen LogP contribution in [-0.4, -0.2) is 38.9 Å². The van der Waals surface area contributed by atoms with Crippen LogP contribution in [0.3, 0.4) is 0 Å². The number of nitrogens with zero attached hydrogens (tertiary/aromatic N) is 4. The van der Waals surface area contributed by atoms with Gasteiger partial charge in [-0.3, -0.25) is 9.48 Å². The van der Waals surface area contributed by atoms with Crippen LogP contribution in [0.5, 0.6) is 0 Å². The van der Waals surface area contributed by atoms with Gasteiger partial charge in [0.05, 0.1) is 42.2 Å². The molecule has 1 aliphatic rings. The van der Waals surface area contributed by atoms with Crippen LogP contribution in [0.2, 0.25) is 0 Å². The molecule has 174 valence electrons. The summed E-state index contributed by atoms with van der Waals surface area (Å²) in [5.41, 5.74) is 6.27. The molecule has 1 amide bonds. The van der Waals surface area contributed by atoms with E-state index in [1.165, 1.54) is 0 Å². The van der Waals surface area contributed by atoms with Gasteiger partial charge in [0.25, 0.3) is 0 Å². The zero-order valence-corrected chi connectivity index (χ0v) is 17.7. The molecule has 1 aliphatic heterocycles. The average Bonchev–Trinajstić information content (AvgIpc) is 3.44. The van der Waals surface area contributed by atoms with E-state index in [4.69, 9.17) is 10.5 Å². The highest BCUT2D eigenvalue weighted by atomic mass is 19.4. The van der Waals surface area contributed by atoms with E-state index < -0.39 is 17.6 Å². The van der Waals surface area contributed by atoms with Crippen LogP contribution >= 0.6 is 0 Å². The maximum Gasteiger partial charge on any atom is 0.419 e. The first-order chi connectivity index (χ1) is 15.8. The molecule has 0 spiro atoms. The molecule has 3 N–H and O–H groups in total. The number of primary amides is 1. The number of benzene rings is 1. The number of nitrogens with one attached hydrogen (secondary N) is 1. The molecular formula is C22H23F3N6O2. The fourth-order valence-electron chi connectivity index (χ4n) is 3.78. The SMILES string of the molecule is NC(=O)Cc1ccccc1CCc1nc(Nc2cnn(C3CCOC3)c2)ncc1C(F)(F)F. The Morgan fingerprint density at radius 3 is 2.70 bits per heavy atom. The summed E-state index contributed by atoms with van der Waals surface area (Å²) in [4.78, 5) is 19.3. The van der Waals surface area contributed by atoms with E-state index in [2.05, 4.69) is 20.4 Å². The largest absolute Gasteiger partial charge is 0.419 e. The monoisotopic (exact) mass is 460 g/mol. The van der Waals surface area contributed by atoms with E-state index in [0.717, 1.165) is 18.2 Å². The molecule has 11 heteroatoms. The number of aryl methyl sites for hydroxylation is 2. The lowest BCUT2D eigenvalue weighted by Crippen LogP contribution is -2.16. The molecule has 8 nitrogen and oxygen atoms in total. The quantitative estimate of drug-likeness (QED) is 0.535. The molecular weight excluding hydrogens is 437 g/mol. The summed E-state index contributed by atoms with van der Waals surface area (Å²) in [5, 5.41) is 7.21. The summed E-state index contributed by atoms with van der Waals surface area (Å²) in [6, 6.07) is 7.17. The van der Waals surface area contributed by atoms with Gasteiger partial charge in [-0.2, -0.15) is 18.3 Å². The molecule has 1 fully saturated rings. The third-order valence-corrected chi connectivity index (χ3v) is 5.42. The van der Waals surface area contributed by atoms with Gasteiger partial charge in [-0.05, 0) is 30.4 Å². The van der Waals surface area contributed by atoms with Crippen LogP contribution in [0.25, 0.3) is 0 Å². The number of rotatable bonds is 8. The Balaban J connectivity index is 1.54. The maximum absolute atomic E-state index is 13.6. The van der Waals surface area contributed by atoms with E-state index in [-0.39, 0.29) is 36.9 Å². The number of halogens is 3. The van der Waals surface area contributed by atoms with E-state index in [1.54, 1.807) is 41.3 Å². The van der Waals surface area contributed by atoms with Crippen LogP contribution in [0.15, 0.2) is 42.9 Å². The minimum atomic E-state index is -4.59. The lowest BCUT2D eigenvalue weighted by molar-refractivity contribution is -0.138. The van der Waals surface area contributed by atoms with Gasteiger partial charge in [0.15, 0.2) is 0 Å². The van der Waals surface area contributed by atoms with Crippen molar-refractivity contribution < 1.29 is 22.7 Å². The number of hydrogen-bond donors (Lipinski definition) is 2. The normalized spacial score (nSPS) is 16.2. The molecule has 0 aliphatic carbocycles. The molecule has 1 atom stereocenters. The molecule has 1 unspecified atom stereocenters. The van der Waals surface area contributed by atoms with Gasteiger partial charge in [0, 0.05) is 19.0 Å². The molecule has 1 saturated heterocycles. The second-order valence-corrected chi connectivity index (χ2v) is 7.81. The number of alkyl halides is 3. The second kappa shape index (κ2) is 9.57. The van der Waals surface area contributed by atoms with Gasteiger partial charge in [0.1, 0.15) is 0 Å². The van der Waals surface area contributed by atoms with Crippen molar-refractivity contribution in [2.45, 2.75) is 37.9 Å². The minimum absolute atomic E-state index is 0.0144. The number of carbonyl (C=O) groups excluding carboxylic acids is 1. The van der Waals surface area contributed by atoms with Crippen molar-refractivity contribution in [2.24, 2.45) is 5.73 Å². The zero-order valence-electron chi connectivity index (χ0n) is 17.7. The molecule has 2 aromatic heterocycles. The zero-order chi connectivity index (χ0) is 23.4. The van der Waals surface area contributed by atoms with Crippen molar-refractivity contribution in [1.82, 2.24) is 19.7 Å². The number of amides is 1. The summed E-state index contributed by atoms with van der Waals surface area (Å²) < 4.78 is 47.8. The smallest absolute Gasteiger partial charge is 0.379 e. The van der Waals surface area contributed by atoms with Crippen molar-refractivity contribution in [3.63, 3.8) is 0 Å². The van der Waals surface area contributed by atoms with E-state index in [1.807, 2.05) is 0 Å². The van der Waals surface area contributed by atoms with Gasteiger partial charge in [-0.15, -0.1) is 0 Å². The number of aromatic nitrogens is 4. The Kier molecular flexibility index (Phi) is 6.59. The highest BCUT2D eigenvalue weighted by molar-refractivity contribution is 5.77. The van der Waals surface area contributed by atoms with E-state index in [0.29, 0.717) is 24.5 Å². The van der Waals surface area contributed by atoms with Crippen LogP contribution in [0, 0.1) is 0 Å². The first kappa shape index (κ1) is 22.7. The lowest BCUT2D eigenvalue weighted by Gasteiger charge is -2.14. The molecule has 33 heavy (non-hydrogen) atoms. The average molecular weight is 460 g/mol. The van der Waals surface area contributed by atoms with Crippen molar-refractivity contribution in [1.29, 1.82) is 0 Å². The highest BCUT2D eigenvalue weighted by Crippen LogP contribution is 2.32. The molecule has 0 bridgehead atoms. The molecule has 0 radical (unpaired) electrons. The molecule has 3 heterocycles. The van der Waals surface area contributed by atoms with Gasteiger partial charge < -0.3 is 15.8 Å². The molecule has 0 saturated carbocycles. The highest BCUT2D eigenvalue weighted by Gasteiger charge is 2.35. The maximum atomic E-state index is 13.6. The Morgan fingerprint density at radius 1 is 1.21 bits per heavy atom. The predicted octanol–water partition coefficient (Wildman–Crippen LogP) is 3.21. The predicted molar refractivity (Wildman–Crippen MR) is 114 cm³/mol. The molecule has 1 aromatic carbocycles. The van der Waals surface area contributed by atoms with Crippen molar-refractivity contribution in [3.8, 4) is 0 Å². The summed E-state index contributed by atoms with van der Waals surface area (Å²) in [7, 11) is 0. The van der Waals surface area contributed by atoms with Crippen LogP contribution in [0.4, 0.5) is 24.8 Å². The molecule has 3 aromatic rings. The summed E-state index contributed by atoms with van der Waals surface area (Å²) in [6.45, 7) is 1.24. The standard InChI is InChI=1S/C22H23F3N6O2/c23-22(24,25)18-11-27-21(29-16-10-28-31(12-16)17-7-8-33-13-17)30-19(18)6-5-14-3-1-2-4-15(14)9-20(26)32/h1-4,10-12,17H,5-9,13H2,(H2,26,32)(H,27,29,30). The Morgan fingerprint density at radius 2 is 2.00 bits per heavy atom. The van der Waals surface area contributed by atoms with Crippen molar-refractivity contribution >= 4 is 17.5 Å². The van der Waals surface area contributed by atoms with Gasteiger partial charge in [-0.1, -0.05) is 24.3 Å². The van der Waals surface area contributed by atoms with E-state index in [9.17, 15) is 18.0 Å². The third kappa shape index (κ3) is 5.67. The summed E-state index contributed by atoms with van der Waals surface area (Å²) in [6.07, 6.45) is 0.666.